The van der Waals surface area contributed by atoms with Crippen LogP contribution in [0, 0.1) is 0 Å². The molecular weight excluding hydrogens is 390 g/mol. The largest absolute Gasteiger partial charge is 0.490 e. The van der Waals surface area contributed by atoms with Crippen molar-refractivity contribution >= 4 is 40.3 Å². The highest BCUT2D eigenvalue weighted by molar-refractivity contribution is 8.26. The molecule has 1 aliphatic heterocycles. The molecule has 1 N–H and O–H groups in total. The van der Waals surface area contributed by atoms with Crippen LogP contribution >= 0.6 is 24.0 Å². The quantitative estimate of drug-likeness (QED) is 0.369. The van der Waals surface area contributed by atoms with E-state index < -0.39 is 0 Å². The first kappa shape index (κ1) is 20.4. The molecule has 4 nitrogen and oxygen atoms in total. The second-order valence-electron chi connectivity index (χ2n) is 6.50. The molecule has 0 spiro atoms. The van der Waals surface area contributed by atoms with Crippen molar-refractivity contribution in [3.8, 4) is 11.5 Å². The van der Waals surface area contributed by atoms with Gasteiger partial charge >= 0.3 is 0 Å². The molecule has 1 saturated heterocycles. The van der Waals surface area contributed by atoms with Crippen LogP contribution in [-0.4, -0.2) is 23.4 Å². The number of carbonyl (C=O) groups excluding carboxylic acids is 1. The summed E-state index contributed by atoms with van der Waals surface area (Å²) < 4.78 is 11.9. The number of ether oxygens (including phenoxy) is 2. The fourth-order valence-electron chi connectivity index (χ4n) is 2.68. The molecule has 6 heteroatoms. The molecule has 1 heterocycles. The average Bonchev–Trinajstić information content (AvgIpc) is 3.03. The first-order valence-corrected chi connectivity index (χ1v) is 10.5. The molecule has 1 aliphatic rings. The van der Waals surface area contributed by atoms with Crippen LogP contribution in [0.15, 0.2) is 53.4 Å². The molecule has 146 valence electrons. The molecule has 1 atom stereocenters. The minimum Gasteiger partial charge on any atom is -0.490 e. The summed E-state index contributed by atoms with van der Waals surface area (Å²) in [5, 5.41) is 2.61. The molecule has 0 aliphatic carbocycles. The summed E-state index contributed by atoms with van der Waals surface area (Å²) in [4.78, 5) is 12.3. The lowest BCUT2D eigenvalue weighted by molar-refractivity contribution is -0.115. The third-order valence-electron chi connectivity index (χ3n) is 4.50. The number of hydrogen-bond donors (Lipinski definition) is 1. The van der Waals surface area contributed by atoms with Gasteiger partial charge in [-0.2, -0.15) is 0 Å². The molecule has 28 heavy (non-hydrogen) atoms. The number of thiocarbonyl (C=S) groups is 1. The Kier molecular flexibility index (Phi) is 7.12. The SMILES string of the molecule is CCC(C)c1ccc(OCCOc2ccc(/C=C3\SC(=S)NC3=O)cc2)cc1. The van der Waals surface area contributed by atoms with Crippen molar-refractivity contribution < 1.29 is 14.3 Å². The summed E-state index contributed by atoms with van der Waals surface area (Å²) in [5.41, 5.74) is 2.25. The second-order valence-corrected chi connectivity index (χ2v) is 8.22. The minimum absolute atomic E-state index is 0.148. The second kappa shape index (κ2) is 9.75. The first-order chi connectivity index (χ1) is 13.5. The monoisotopic (exact) mass is 413 g/mol. The molecule has 1 unspecified atom stereocenters. The Hall–Kier alpha value is -2.31. The Morgan fingerprint density at radius 1 is 1.04 bits per heavy atom. The van der Waals surface area contributed by atoms with Gasteiger partial charge in [-0.25, -0.2) is 0 Å². The van der Waals surface area contributed by atoms with E-state index in [-0.39, 0.29) is 5.91 Å². The summed E-state index contributed by atoms with van der Waals surface area (Å²) in [7, 11) is 0. The number of carbonyl (C=O) groups is 1. The molecular formula is C22H23NO3S2. The van der Waals surface area contributed by atoms with Gasteiger partial charge in [-0.3, -0.25) is 4.79 Å². The van der Waals surface area contributed by atoms with Gasteiger partial charge in [0, 0.05) is 0 Å². The van der Waals surface area contributed by atoms with Crippen LogP contribution in [0.1, 0.15) is 37.3 Å². The van der Waals surface area contributed by atoms with Gasteiger partial charge < -0.3 is 14.8 Å². The maximum atomic E-state index is 11.7. The van der Waals surface area contributed by atoms with E-state index in [0.717, 1.165) is 23.5 Å². The molecule has 0 radical (unpaired) electrons. The van der Waals surface area contributed by atoms with Crippen LogP contribution in [-0.2, 0) is 4.79 Å². The Morgan fingerprint density at radius 2 is 1.61 bits per heavy atom. The molecule has 0 bridgehead atoms. The van der Waals surface area contributed by atoms with Gasteiger partial charge in [0.05, 0.1) is 4.91 Å². The van der Waals surface area contributed by atoms with Crippen molar-refractivity contribution in [2.75, 3.05) is 13.2 Å². The van der Waals surface area contributed by atoms with Crippen LogP contribution in [0.3, 0.4) is 0 Å². The maximum Gasteiger partial charge on any atom is 0.263 e. The average molecular weight is 414 g/mol. The van der Waals surface area contributed by atoms with Crippen molar-refractivity contribution in [1.29, 1.82) is 0 Å². The van der Waals surface area contributed by atoms with E-state index in [1.165, 1.54) is 17.3 Å². The van der Waals surface area contributed by atoms with Crippen LogP contribution in [0.5, 0.6) is 11.5 Å². The zero-order valence-electron chi connectivity index (χ0n) is 15.9. The standard InChI is InChI=1S/C22H23NO3S2/c1-3-15(2)17-6-10-19(11-7-17)26-13-12-25-18-8-4-16(5-9-18)14-20-21(24)23-22(27)28-20/h4-11,14-15H,3,12-13H2,1-2H3,(H,23,24,27)/b20-14-. The zero-order chi connectivity index (χ0) is 19.9. The van der Waals surface area contributed by atoms with Gasteiger partial charge in [-0.05, 0) is 53.8 Å². The van der Waals surface area contributed by atoms with Crippen molar-refractivity contribution in [2.24, 2.45) is 0 Å². The molecule has 1 fully saturated rings. The fourth-order valence-corrected chi connectivity index (χ4v) is 3.72. The molecule has 1 amide bonds. The van der Waals surface area contributed by atoms with E-state index in [4.69, 9.17) is 21.7 Å². The van der Waals surface area contributed by atoms with Crippen molar-refractivity contribution in [1.82, 2.24) is 5.32 Å². The number of nitrogens with one attached hydrogen (secondary N) is 1. The van der Waals surface area contributed by atoms with Crippen LogP contribution < -0.4 is 14.8 Å². The smallest absolute Gasteiger partial charge is 0.263 e. The lowest BCUT2D eigenvalue weighted by Gasteiger charge is -2.11. The number of amides is 1. The third-order valence-corrected chi connectivity index (χ3v) is 5.66. The van der Waals surface area contributed by atoms with Gasteiger partial charge in [-0.15, -0.1) is 0 Å². The summed E-state index contributed by atoms with van der Waals surface area (Å²) in [6.45, 7) is 5.35. The Labute approximate surface area is 175 Å². The van der Waals surface area contributed by atoms with Gasteiger partial charge in [0.15, 0.2) is 0 Å². The van der Waals surface area contributed by atoms with Gasteiger partial charge in [0.25, 0.3) is 5.91 Å². The predicted octanol–water partition coefficient (Wildman–Crippen LogP) is 5.15. The van der Waals surface area contributed by atoms with Crippen molar-refractivity contribution in [3.63, 3.8) is 0 Å². The van der Waals surface area contributed by atoms with E-state index >= 15 is 0 Å². The number of benzene rings is 2. The Balaban J connectivity index is 1.45. The molecule has 0 aromatic heterocycles. The minimum atomic E-state index is -0.148. The lowest BCUT2D eigenvalue weighted by atomic mass is 9.99. The highest BCUT2D eigenvalue weighted by Gasteiger charge is 2.21. The summed E-state index contributed by atoms with van der Waals surface area (Å²) >= 11 is 6.26. The fraction of sp³-hybridized carbons (Fsp3) is 0.273. The van der Waals surface area contributed by atoms with E-state index in [1.807, 2.05) is 42.5 Å². The summed E-state index contributed by atoms with van der Waals surface area (Å²) in [6, 6.07) is 15.8. The van der Waals surface area contributed by atoms with Crippen molar-refractivity contribution in [3.05, 3.63) is 64.6 Å². The van der Waals surface area contributed by atoms with Crippen LogP contribution in [0.2, 0.25) is 0 Å². The number of hydrogen-bond acceptors (Lipinski definition) is 5. The van der Waals surface area contributed by atoms with E-state index in [1.54, 1.807) is 0 Å². The molecule has 3 rings (SSSR count). The lowest BCUT2D eigenvalue weighted by Crippen LogP contribution is -2.17. The number of thioether (sulfide) groups is 1. The predicted molar refractivity (Wildman–Crippen MR) is 119 cm³/mol. The van der Waals surface area contributed by atoms with E-state index in [2.05, 4.69) is 31.3 Å². The highest BCUT2D eigenvalue weighted by Crippen LogP contribution is 2.26. The van der Waals surface area contributed by atoms with Crippen LogP contribution in [0.25, 0.3) is 6.08 Å². The zero-order valence-corrected chi connectivity index (χ0v) is 17.6. The van der Waals surface area contributed by atoms with Crippen molar-refractivity contribution in [2.45, 2.75) is 26.2 Å². The molecule has 0 saturated carbocycles. The number of rotatable bonds is 8. The van der Waals surface area contributed by atoms with Gasteiger partial charge in [0.1, 0.15) is 29.0 Å². The van der Waals surface area contributed by atoms with Gasteiger partial charge in [0.2, 0.25) is 0 Å². The van der Waals surface area contributed by atoms with E-state index in [0.29, 0.717) is 28.4 Å². The maximum absolute atomic E-state index is 11.7. The van der Waals surface area contributed by atoms with Crippen LogP contribution in [0.4, 0.5) is 0 Å². The summed E-state index contributed by atoms with van der Waals surface area (Å²) in [5.74, 6) is 2.03. The van der Waals surface area contributed by atoms with Gasteiger partial charge in [-0.1, -0.05) is 62.1 Å². The summed E-state index contributed by atoms with van der Waals surface area (Å²) in [6.07, 6.45) is 2.94. The third kappa shape index (κ3) is 5.59. The Morgan fingerprint density at radius 3 is 2.11 bits per heavy atom. The topological polar surface area (TPSA) is 47.6 Å². The normalized spacial score (nSPS) is 16.1. The molecule has 2 aromatic rings. The Bertz CT molecular complexity index is 860. The molecule has 2 aromatic carbocycles. The van der Waals surface area contributed by atoms with E-state index in [9.17, 15) is 4.79 Å². The highest BCUT2D eigenvalue weighted by atomic mass is 32.2. The first-order valence-electron chi connectivity index (χ1n) is 9.25.